The number of aromatic nitrogens is 4. The van der Waals surface area contributed by atoms with Gasteiger partial charge in [0.05, 0.1) is 6.20 Å². The fourth-order valence-electron chi connectivity index (χ4n) is 1.71. The highest BCUT2D eigenvalue weighted by molar-refractivity contribution is 7.16. The van der Waals surface area contributed by atoms with Crippen molar-refractivity contribution in [2.75, 3.05) is 0 Å². The number of hydrogen-bond acceptors (Lipinski definition) is 5. The Balaban J connectivity index is 2.03. The van der Waals surface area contributed by atoms with Gasteiger partial charge in [-0.3, -0.25) is 4.79 Å². The first-order chi connectivity index (χ1) is 9.13. The minimum absolute atomic E-state index is 0.175. The molecule has 0 N–H and O–H groups in total. The predicted octanol–water partition coefficient (Wildman–Crippen LogP) is 2.26. The zero-order valence-electron chi connectivity index (χ0n) is 10.00. The molecule has 5 nitrogen and oxygen atoms in total. The van der Waals surface area contributed by atoms with E-state index in [4.69, 9.17) is 11.6 Å². The molecule has 0 spiro atoms. The van der Waals surface area contributed by atoms with Gasteiger partial charge in [0.25, 0.3) is 5.56 Å². The van der Waals surface area contributed by atoms with E-state index in [1.54, 1.807) is 6.20 Å². The molecule has 0 atom stereocenters. The van der Waals surface area contributed by atoms with E-state index >= 15 is 0 Å². The molecule has 3 rings (SSSR count). The van der Waals surface area contributed by atoms with Gasteiger partial charge in [0, 0.05) is 11.5 Å². The number of rotatable bonds is 2. The summed E-state index contributed by atoms with van der Waals surface area (Å²) in [6, 6.07) is 3.40. The molecule has 0 saturated carbocycles. The van der Waals surface area contributed by atoms with Gasteiger partial charge in [-0.25, -0.2) is 14.6 Å². The molecular weight excluding hydrogens is 284 g/mol. The van der Waals surface area contributed by atoms with Crippen LogP contribution in [0, 0.1) is 6.92 Å². The van der Waals surface area contributed by atoms with E-state index in [0.717, 1.165) is 15.8 Å². The van der Waals surface area contributed by atoms with Crippen LogP contribution >= 0.6 is 22.9 Å². The van der Waals surface area contributed by atoms with E-state index < -0.39 is 0 Å². The number of halogens is 1. The number of hydrogen-bond donors (Lipinski definition) is 0. The van der Waals surface area contributed by atoms with Crippen LogP contribution in [0.5, 0.6) is 0 Å². The first-order valence-electron chi connectivity index (χ1n) is 5.57. The van der Waals surface area contributed by atoms with E-state index in [0.29, 0.717) is 11.0 Å². The van der Waals surface area contributed by atoms with E-state index in [2.05, 4.69) is 15.1 Å². The summed E-state index contributed by atoms with van der Waals surface area (Å²) < 4.78 is 1.32. The first kappa shape index (κ1) is 12.3. The quantitative estimate of drug-likeness (QED) is 0.680. The molecule has 0 amide bonds. The van der Waals surface area contributed by atoms with Crippen LogP contribution < -0.4 is 5.56 Å². The number of aryl methyl sites for hydroxylation is 1. The summed E-state index contributed by atoms with van der Waals surface area (Å²) in [4.78, 5) is 21.1. The monoisotopic (exact) mass is 292 g/mol. The van der Waals surface area contributed by atoms with Crippen molar-refractivity contribution in [1.82, 2.24) is 19.7 Å². The van der Waals surface area contributed by atoms with E-state index in [1.807, 2.05) is 18.4 Å². The zero-order valence-corrected chi connectivity index (χ0v) is 11.6. The van der Waals surface area contributed by atoms with Crippen molar-refractivity contribution in [1.29, 1.82) is 0 Å². The third-order valence-corrected chi connectivity index (χ3v) is 3.72. The summed E-state index contributed by atoms with van der Waals surface area (Å²) in [5.74, 6) is 0.485. The summed E-state index contributed by atoms with van der Waals surface area (Å²) in [6.45, 7) is 2.04. The Labute approximate surface area is 117 Å². The van der Waals surface area contributed by atoms with Crippen molar-refractivity contribution in [3.05, 3.63) is 50.6 Å². The maximum atomic E-state index is 11.8. The molecule has 0 aliphatic rings. The van der Waals surface area contributed by atoms with Crippen LogP contribution in [0.1, 0.15) is 11.4 Å². The lowest BCUT2D eigenvalue weighted by Crippen LogP contribution is -2.23. The molecule has 7 heteroatoms. The molecule has 0 fully saturated rings. The lowest BCUT2D eigenvalue weighted by atomic mass is 10.3. The topological polar surface area (TPSA) is 60.7 Å². The van der Waals surface area contributed by atoms with Crippen molar-refractivity contribution in [3.8, 4) is 0 Å². The smallest absolute Gasteiger partial charge is 0.267 e. The Morgan fingerprint density at radius 2 is 2.26 bits per heavy atom. The highest BCUT2D eigenvalue weighted by Gasteiger charge is 2.08. The first-order valence-corrected chi connectivity index (χ1v) is 6.82. The lowest BCUT2D eigenvalue weighted by molar-refractivity contribution is 0.614. The summed E-state index contributed by atoms with van der Waals surface area (Å²) in [5.41, 5.74) is 0.653. The van der Waals surface area contributed by atoms with E-state index in [9.17, 15) is 4.79 Å². The fourth-order valence-corrected chi connectivity index (χ4v) is 2.80. The van der Waals surface area contributed by atoms with Crippen LogP contribution in [0.25, 0.3) is 10.2 Å². The van der Waals surface area contributed by atoms with Crippen LogP contribution in [0.15, 0.2) is 28.5 Å². The van der Waals surface area contributed by atoms with Crippen LogP contribution in [0.3, 0.4) is 0 Å². The molecule has 3 aromatic heterocycles. The average Bonchev–Trinajstić information content (AvgIpc) is 2.81. The molecular formula is C12H9ClN4OS. The average molecular weight is 293 g/mol. The van der Waals surface area contributed by atoms with Crippen molar-refractivity contribution in [2.45, 2.75) is 13.5 Å². The summed E-state index contributed by atoms with van der Waals surface area (Å²) in [5, 5.41) is 7.20. The number of thiophene rings is 1. The van der Waals surface area contributed by atoms with Gasteiger partial charge in [0.2, 0.25) is 0 Å². The standard InChI is InChI=1S/C12H9ClN4OS/c1-7-4-10(18)17(14-5-7)6-9-15-11(13)8-2-3-19-12(8)16-9/h2-5H,6H2,1H3. The summed E-state index contributed by atoms with van der Waals surface area (Å²) >= 11 is 7.57. The Kier molecular flexibility index (Phi) is 3.04. The molecule has 0 unspecified atom stereocenters. The Bertz CT molecular complexity index is 811. The maximum absolute atomic E-state index is 11.8. The SMILES string of the molecule is Cc1cnn(Cc2nc(Cl)c3ccsc3n2)c(=O)c1. The Morgan fingerprint density at radius 3 is 3.05 bits per heavy atom. The van der Waals surface area contributed by atoms with Gasteiger partial charge in [-0.2, -0.15) is 5.10 Å². The van der Waals surface area contributed by atoms with Crippen molar-refractivity contribution in [3.63, 3.8) is 0 Å². The van der Waals surface area contributed by atoms with Crippen LogP contribution in [-0.4, -0.2) is 19.7 Å². The largest absolute Gasteiger partial charge is 0.268 e. The molecule has 0 bridgehead atoms. The molecule has 3 aromatic rings. The van der Waals surface area contributed by atoms with E-state index in [1.165, 1.54) is 22.1 Å². The molecule has 96 valence electrons. The van der Waals surface area contributed by atoms with Gasteiger partial charge in [-0.1, -0.05) is 11.6 Å². The molecule has 3 heterocycles. The highest BCUT2D eigenvalue weighted by Crippen LogP contribution is 2.24. The van der Waals surface area contributed by atoms with Gasteiger partial charge in [0.15, 0.2) is 5.82 Å². The summed E-state index contributed by atoms with van der Waals surface area (Å²) in [7, 11) is 0. The second-order valence-corrected chi connectivity index (χ2v) is 5.35. The minimum Gasteiger partial charge on any atom is -0.268 e. The van der Waals surface area contributed by atoms with E-state index in [-0.39, 0.29) is 12.1 Å². The van der Waals surface area contributed by atoms with Crippen LogP contribution in [0.2, 0.25) is 5.15 Å². The fraction of sp³-hybridized carbons (Fsp3) is 0.167. The van der Waals surface area contributed by atoms with Gasteiger partial charge in [-0.05, 0) is 23.9 Å². The van der Waals surface area contributed by atoms with Crippen LogP contribution in [0.4, 0.5) is 0 Å². The second kappa shape index (κ2) is 4.71. The molecule has 0 aliphatic carbocycles. The second-order valence-electron chi connectivity index (χ2n) is 4.10. The zero-order chi connectivity index (χ0) is 13.4. The maximum Gasteiger partial charge on any atom is 0.267 e. The molecule has 0 aromatic carbocycles. The third kappa shape index (κ3) is 2.36. The van der Waals surface area contributed by atoms with Gasteiger partial charge in [-0.15, -0.1) is 11.3 Å². The molecule has 0 aliphatic heterocycles. The lowest BCUT2D eigenvalue weighted by Gasteiger charge is -2.04. The van der Waals surface area contributed by atoms with Gasteiger partial charge >= 0.3 is 0 Å². The summed E-state index contributed by atoms with van der Waals surface area (Å²) in [6.07, 6.45) is 1.63. The Morgan fingerprint density at radius 1 is 1.42 bits per heavy atom. The molecule has 0 saturated heterocycles. The van der Waals surface area contributed by atoms with Gasteiger partial charge < -0.3 is 0 Å². The molecule has 19 heavy (non-hydrogen) atoms. The van der Waals surface area contributed by atoms with Gasteiger partial charge in [0.1, 0.15) is 16.5 Å². The van der Waals surface area contributed by atoms with Crippen molar-refractivity contribution >= 4 is 33.2 Å². The number of fused-ring (bicyclic) bond motifs is 1. The predicted molar refractivity (Wildman–Crippen MR) is 74.8 cm³/mol. The molecule has 0 radical (unpaired) electrons. The third-order valence-electron chi connectivity index (χ3n) is 2.62. The van der Waals surface area contributed by atoms with Crippen molar-refractivity contribution in [2.24, 2.45) is 0 Å². The van der Waals surface area contributed by atoms with Crippen molar-refractivity contribution < 1.29 is 0 Å². The minimum atomic E-state index is -0.175. The normalized spacial score (nSPS) is 11.1. The van der Waals surface area contributed by atoms with Crippen LogP contribution in [-0.2, 0) is 6.54 Å². The Hall–Kier alpha value is -1.79. The number of nitrogens with zero attached hydrogens (tertiary/aromatic N) is 4. The highest BCUT2D eigenvalue weighted by atomic mass is 35.5.